The van der Waals surface area contributed by atoms with Crippen LogP contribution in [0.25, 0.3) is 0 Å². The normalized spacial score (nSPS) is 18.0. The summed E-state index contributed by atoms with van der Waals surface area (Å²) in [7, 11) is 0. The Morgan fingerprint density at radius 1 is 1.22 bits per heavy atom. The molecule has 0 bridgehead atoms. The van der Waals surface area contributed by atoms with Crippen molar-refractivity contribution in [3.8, 4) is 0 Å². The number of rotatable bonds is 4. The Kier molecular flexibility index (Phi) is 5.85. The summed E-state index contributed by atoms with van der Waals surface area (Å²) in [4.78, 5) is 14.6. The van der Waals surface area contributed by atoms with Crippen LogP contribution in [0, 0.1) is 5.92 Å². The number of piperidine rings is 1. The predicted octanol–water partition coefficient (Wildman–Crippen LogP) is 3.68. The number of nitrogens with two attached hydrogens (primary N) is 1. The maximum absolute atomic E-state index is 12.5. The monoisotopic (exact) mass is 316 g/mol. The van der Waals surface area contributed by atoms with Gasteiger partial charge in [-0.1, -0.05) is 52.0 Å². The average molecular weight is 316 g/mol. The van der Waals surface area contributed by atoms with Gasteiger partial charge in [0.25, 0.3) is 0 Å². The van der Waals surface area contributed by atoms with E-state index in [0.717, 1.165) is 31.8 Å². The average Bonchev–Trinajstić information content (AvgIpc) is 2.52. The van der Waals surface area contributed by atoms with Crippen LogP contribution in [0.3, 0.4) is 0 Å². The highest BCUT2D eigenvalue weighted by atomic mass is 16.2. The first-order valence-electron chi connectivity index (χ1n) is 8.89. The zero-order chi connectivity index (χ0) is 17.0. The van der Waals surface area contributed by atoms with E-state index in [1.54, 1.807) is 0 Å². The van der Waals surface area contributed by atoms with Gasteiger partial charge in [-0.05, 0) is 41.8 Å². The van der Waals surface area contributed by atoms with Crippen LogP contribution in [0.5, 0.6) is 0 Å². The fourth-order valence-electron chi connectivity index (χ4n) is 3.19. The van der Waals surface area contributed by atoms with Gasteiger partial charge in [-0.15, -0.1) is 0 Å². The van der Waals surface area contributed by atoms with E-state index in [1.807, 2.05) is 4.90 Å². The van der Waals surface area contributed by atoms with Crippen molar-refractivity contribution in [2.75, 3.05) is 19.6 Å². The first-order chi connectivity index (χ1) is 10.8. The first-order valence-corrected chi connectivity index (χ1v) is 8.89. The van der Waals surface area contributed by atoms with Crippen LogP contribution in [0.2, 0.25) is 0 Å². The van der Waals surface area contributed by atoms with Gasteiger partial charge in [0.05, 0.1) is 0 Å². The highest BCUT2D eigenvalue weighted by Crippen LogP contribution is 2.26. The molecule has 1 saturated heterocycles. The van der Waals surface area contributed by atoms with Crippen LogP contribution in [-0.2, 0) is 10.2 Å². The number of nitrogens with zero attached hydrogens (tertiary/aromatic N) is 1. The van der Waals surface area contributed by atoms with Gasteiger partial charge in [0, 0.05) is 25.4 Å². The molecule has 0 aliphatic carbocycles. The molecule has 3 heteroatoms. The fraction of sp³-hybridized carbons (Fsp3) is 0.650. The second kappa shape index (κ2) is 7.48. The van der Waals surface area contributed by atoms with Crippen molar-refractivity contribution in [1.29, 1.82) is 0 Å². The van der Waals surface area contributed by atoms with Crippen molar-refractivity contribution in [3.63, 3.8) is 0 Å². The number of likely N-dealkylation sites (tertiary alicyclic amines) is 1. The molecule has 2 rings (SSSR count). The largest absolute Gasteiger partial charge is 0.343 e. The molecular weight excluding hydrogens is 284 g/mol. The number of amides is 1. The van der Waals surface area contributed by atoms with Crippen LogP contribution in [0.15, 0.2) is 24.3 Å². The number of carbonyl (C=O) groups is 1. The summed E-state index contributed by atoms with van der Waals surface area (Å²) in [6, 6.07) is 8.63. The number of hydrogen-bond donors (Lipinski definition) is 1. The standard InChI is InChI=1S/C20H32N2O/c1-15-9-11-22(12-10-15)19(23)13-17(14-21)16-5-7-18(8-6-16)20(2,3)4/h5-8,15,17H,9-14,21H2,1-4H3. The molecule has 0 spiro atoms. The van der Waals surface area contributed by atoms with Gasteiger partial charge in [-0.25, -0.2) is 0 Å². The third kappa shape index (κ3) is 4.81. The van der Waals surface area contributed by atoms with Gasteiger partial charge >= 0.3 is 0 Å². The molecule has 0 radical (unpaired) electrons. The second-order valence-electron chi connectivity index (χ2n) is 8.07. The van der Waals surface area contributed by atoms with Gasteiger partial charge < -0.3 is 10.6 Å². The molecule has 1 aromatic carbocycles. The minimum atomic E-state index is 0.121. The lowest BCUT2D eigenvalue weighted by molar-refractivity contribution is -0.132. The lowest BCUT2D eigenvalue weighted by atomic mass is 9.85. The summed E-state index contributed by atoms with van der Waals surface area (Å²) in [5.41, 5.74) is 8.60. The molecule has 0 saturated carbocycles. The molecule has 0 aromatic heterocycles. The van der Waals surface area contributed by atoms with Crippen LogP contribution in [0.1, 0.15) is 64.0 Å². The third-order valence-electron chi connectivity index (χ3n) is 5.09. The topological polar surface area (TPSA) is 46.3 Å². The molecular formula is C20H32N2O. The van der Waals surface area contributed by atoms with E-state index in [4.69, 9.17) is 5.73 Å². The summed E-state index contributed by atoms with van der Waals surface area (Å²) in [6.07, 6.45) is 2.78. The molecule has 1 heterocycles. The van der Waals surface area contributed by atoms with E-state index in [9.17, 15) is 4.79 Å². The summed E-state index contributed by atoms with van der Waals surface area (Å²) >= 11 is 0. The number of benzene rings is 1. The molecule has 1 fully saturated rings. The zero-order valence-electron chi connectivity index (χ0n) is 15.1. The Balaban J connectivity index is 2.00. The van der Waals surface area contributed by atoms with Crippen molar-refractivity contribution >= 4 is 5.91 Å². The smallest absolute Gasteiger partial charge is 0.223 e. The molecule has 3 nitrogen and oxygen atoms in total. The van der Waals surface area contributed by atoms with E-state index in [1.165, 1.54) is 11.1 Å². The van der Waals surface area contributed by atoms with E-state index in [0.29, 0.717) is 13.0 Å². The molecule has 128 valence electrons. The Hall–Kier alpha value is -1.35. The predicted molar refractivity (Wildman–Crippen MR) is 96.5 cm³/mol. The number of hydrogen-bond acceptors (Lipinski definition) is 2. The lowest BCUT2D eigenvalue weighted by Crippen LogP contribution is -2.39. The van der Waals surface area contributed by atoms with Gasteiger partial charge in [0.15, 0.2) is 0 Å². The minimum absolute atomic E-state index is 0.121. The maximum atomic E-state index is 12.5. The summed E-state index contributed by atoms with van der Waals surface area (Å²) in [5, 5.41) is 0. The van der Waals surface area contributed by atoms with Crippen molar-refractivity contribution in [2.45, 2.75) is 58.3 Å². The Morgan fingerprint density at radius 2 is 1.78 bits per heavy atom. The molecule has 1 aromatic rings. The van der Waals surface area contributed by atoms with Crippen molar-refractivity contribution in [2.24, 2.45) is 11.7 Å². The maximum Gasteiger partial charge on any atom is 0.223 e. The Labute approximate surface area is 141 Å². The van der Waals surface area contributed by atoms with Crippen molar-refractivity contribution in [1.82, 2.24) is 4.90 Å². The summed E-state index contributed by atoms with van der Waals surface area (Å²) < 4.78 is 0. The van der Waals surface area contributed by atoms with Crippen molar-refractivity contribution in [3.05, 3.63) is 35.4 Å². The number of carbonyl (C=O) groups excluding carboxylic acids is 1. The molecule has 1 amide bonds. The van der Waals surface area contributed by atoms with E-state index in [-0.39, 0.29) is 17.2 Å². The Bertz CT molecular complexity index is 507. The highest BCUT2D eigenvalue weighted by molar-refractivity contribution is 5.77. The lowest BCUT2D eigenvalue weighted by Gasteiger charge is -2.31. The molecule has 1 unspecified atom stereocenters. The molecule has 1 atom stereocenters. The minimum Gasteiger partial charge on any atom is -0.343 e. The second-order valence-corrected chi connectivity index (χ2v) is 8.07. The van der Waals surface area contributed by atoms with Gasteiger partial charge in [0.1, 0.15) is 0 Å². The summed E-state index contributed by atoms with van der Waals surface area (Å²) in [6.45, 7) is 11.2. The molecule has 1 aliphatic heterocycles. The molecule has 23 heavy (non-hydrogen) atoms. The van der Waals surface area contributed by atoms with E-state index >= 15 is 0 Å². The van der Waals surface area contributed by atoms with Gasteiger partial charge in [-0.3, -0.25) is 4.79 Å². The third-order valence-corrected chi connectivity index (χ3v) is 5.09. The van der Waals surface area contributed by atoms with Gasteiger partial charge in [-0.2, -0.15) is 0 Å². The van der Waals surface area contributed by atoms with Gasteiger partial charge in [0.2, 0.25) is 5.91 Å². The van der Waals surface area contributed by atoms with E-state index in [2.05, 4.69) is 52.0 Å². The zero-order valence-corrected chi connectivity index (χ0v) is 15.1. The molecule has 2 N–H and O–H groups in total. The fourth-order valence-corrected chi connectivity index (χ4v) is 3.19. The van der Waals surface area contributed by atoms with Crippen LogP contribution in [-0.4, -0.2) is 30.4 Å². The Morgan fingerprint density at radius 3 is 2.26 bits per heavy atom. The SMILES string of the molecule is CC1CCN(C(=O)CC(CN)c2ccc(C(C)(C)C)cc2)CC1. The van der Waals surface area contributed by atoms with Crippen LogP contribution >= 0.6 is 0 Å². The van der Waals surface area contributed by atoms with E-state index < -0.39 is 0 Å². The highest BCUT2D eigenvalue weighted by Gasteiger charge is 2.23. The van der Waals surface area contributed by atoms with Crippen LogP contribution < -0.4 is 5.73 Å². The van der Waals surface area contributed by atoms with Crippen molar-refractivity contribution < 1.29 is 4.79 Å². The first kappa shape index (κ1) is 18.0. The quantitative estimate of drug-likeness (QED) is 0.921. The molecule has 1 aliphatic rings. The summed E-state index contributed by atoms with van der Waals surface area (Å²) in [5.74, 6) is 1.12. The van der Waals surface area contributed by atoms with Crippen LogP contribution in [0.4, 0.5) is 0 Å².